The van der Waals surface area contributed by atoms with Crippen LogP contribution in [0.25, 0.3) is 0 Å². The van der Waals surface area contributed by atoms with Crippen LogP contribution in [0.1, 0.15) is 0 Å². The zero-order chi connectivity index (χ0) is 7.68. The molecule has 0 saturated carbocycles. The molecule has 0 unspecified atom stereocenters. The Kier molecular flexibility index (Phi) is 1.28. The van der Waals surface area contributed by atoms with Crippen molar-refractivity contribution in [3.63, 3.8) is 0 Å². The van der Waals surface area contributed by atoms with Crippen LogP contribution >= 0.6 is 0 Å². The van der Waals surface area contributed by atoms with Crippen molar-refractivity contribution in [3.05, 3.63) is 12.0 Å². The van der Waals surface area contributed by atoms with E-state index in [4.69, 9.17) is 0 Å². The number of ketones is 1. The smallest absolute Gasteiger partial charge is 0.193 e. The Bertz CT molecular complexity index is 278. The second-order valence-corrected chi connectivity index (χ2v) is 2.31. The molecule has 2 rings (SSSR count). The maximum atomic E-state index is 10.9. The fraction of sp³-hybridized carbons (Fsp3) is 0.333. The van der Waals surface area contributed by atoms with Gasteiger partial charge in [0.15, 0.2) is 11.6 Å². The van der Waals surface area contributed by atoms with Crippen molar-refractivity contribution in [1.82, 2.24) is 4.90 Å². The molecule has 5 heteroatoms. The molecule has 0 aromatic rings. The standard InChI is InChI=1S/C6H6N4O/c11-5-1-7-2-6-9-8-4-10(6)3-5/h1-2H,3-4H2. The maximum Gasteiger partial charge on any atom is 0.193 e. The minimum atomic E-state index is -0.0106. The molecule has 11 heavy (non-hydrogen) atoms. The molecular formula is C6H6N4O. The first kappa shape index (κ1) is 6.21. The summed E-state index contributed by atoms with van der Waals surface area (Å²) in [4.78, 5) is 16.5. The van der Waals surface area contributed by atoms with E-state index in [1.165, 1.54) is 6.21 Å². The average Bonchev–Trinajstić information content (AvgIpc) is 2.31. The van der Waals surface area contributed by atoms with Gasteiger partial charge in [0.2, 0.25) is 0 Å². The van der Waals surface area contributed by atoms with Crippen molar-refractivity contribution in [3.8, 4) is 0 Å². The van der Waals surface area contributed by atoms with Crippen LogP contribution < -0.4 is 0 Å². The molecule has 56 valence electrons. The van der Waals surface area contributed by atoms with Crippen LogP contribution in [0, 0.1) is 0 Å². The molecule has 0 saturated heterocycles. The van der Waals surface area contributed by atoms with Gasteiger partial charge < -0.3 is 4.90 Å². The Morgan fingerprint density at radius 3 is 3.36 bits per heavy atom. The molecule has 0 aliphatic carbocycles. The highest BCUT2D eigenvalue weighted by Gasteiger charge is 2.18. The van der Waals surface area contributed by atoms with E-state index in [1.54, 1.807) is 11.1 Å². The number of carbonyl (C=O) groups excluding carboxylic acids is 1. The summed E-state index contributed by atoms with van der Waals surface area (Å²) in [5, 5.41) is 7.56. The molecule has 0 spiro atoms. The van der Waals surface area contributed by atoms with Crippen LogP contribution in [0.2, 0.25) is 0 Å². The predicted molar refractivity (Wildman–Crippen MR) is 38.0 cm³/mol. The van der Waals surface area contributed by atoms with Crippen LogP contribution in [0.5, 0.6) is 0 Å². The summed E-state index contributed by atoms with van der Waals surface area (Å²) in [6.45, 7) is 0.809. The van der Waals surface area contributed by atoms with Crippen LogP contribution in [-0.2, 0) is 4.79 Å². The predicted octanol–water partition coefficient (Wildman–Crippen LogP) is 0.164. The molecule has 0 bridgehead atoms. The SMILES string of the molecule is O=C1C=NC=C2N=NCN2C1. The van der Waals surface area contributed by atoms with Gasteiger partial charge in [-0.2, -0.15) is 5.11 Å². The van der Waals surface area contributed by atoms with Gasteiger partial charge in [-0.1, -0.05) is 0 Å². The van der Waals surface area contributed by atoms with Gasteiger partial charge in [-0.3, -0.25) is 9.79 Å². The summed E-state index contributed by atoms with van der Waals surface area (Å²) in [6.07, 6.45) is 2.85. The van der Waals surface area contributed by atoms with Gasteiger partial charge in [0.25, 0.3) is 0 Å². The lowest BCUT2D eigenvalue weighted by molar-refractivity contribution is -0.113. The number of rotatable bonds is 0. The van der Waals surface area contributed by atoms with Crippen molar-refractivity contribution in [2.45, 2.75) is 0 Å². The molecule has 5 nitrogen and oxygen atoms in total. The lowest BCUT2D eigenvalue weighted by Crippen LogP contribution is -2.25. The second kappa shape index (κ2) is 2.26. The Labute approximate surface area is 63.1 Å². The van der Waals surface area contributed by atoms with E-state index in [0.29, 0.717) is 19.0 Å². The molecule has 0 radical (unpaired) electrons. The Morgan fingerprint density at radius 2 is 2.45 bits per heavy atom. The number of fused-ring (bicyclic) bond motifs is 1. The number of Topliss-reactive ketones (excluding diaryl/α,β-unsaturated/α-hetero) is 1. The zero-order valence-corrected chi connectivity index (χ0v) is 5.77. The van der Waals surface area contributed by atoms with E-state index < -0.39 is 0 Å². The molecule has 0 aromatic carbocycles. The summed E-state index contributed by atoms with van der Waals surface area (Å²) in [5.41, 5.74) is 0. The first-order chi connectivity index (χ1) is 5.36. The summed E-state index contributed by atoms with van der Waals surface area (Å²) < 4.78 is 0. The van der Waals surface area contributed by atoms with Crippen LogP contribution in [-0.4, -0.2) is 30.1 Å². The van der Waals surface area contributed by atoms with Gasteiger partial charge in [0.1, 0.15) is 6.67 Å². The highest BCUT2D eigenvalue weighted by Crippen LogP contribution is 2.14. The van der Waals surface area contributed by atoms with Crippen molar-refractivity contribution in [2.24, 2.45) is 15.2 Å². The molecule has 0 aromatic heterocycles. The van der Waals surface area contributed by atoms with Gasteiger partial charge in [0, 0.05) is 0 Å². The number of aliphatic imine (C=N–C) groups is 1. The summed E-state index contributed by atoms with van der Waals surface area (Å²) in [5.74, 6) is 0.663. The Balaban J connectivity index is 2.28. The monoisotopic (exact) mass is 150 g/mol. The molecule has 0 N–H and O–H groups in total. The first-order valence-electron chi connectivity index (χ1n) is 3.25. The highest BCUT2D eigenvalue weighted by atomic mass is 16.1. The third-order valence-electron chi connectivity index (χ3n) is 1.49. The molecule has 0 fully saturated rings. The minimum Gasteiger partial charge on any atom is -0.325 e. The average molecular weight is 150 g/mol. The molecule has 0 amide bonds. The van der Waals surface area contributed by atoms with Gasteiger partial charge in [0.05, 0.1) is 19.0 Å². The summed E-state index contributed by atoms with van der Waals surface area (Å²) >= 11 is 0. The minimum absolute atomic E-state index is 0.0106. The number of hydrogen-bond acceptors (Lipinski definition) is 5. The Morgan fingerprint density at radius 1 is 1.55 bits per heavy atom. The summed E-state index contributed by atoms with van der Waals surface area (Å²) in [6, 6.07) is 0. The fourth-order valence-electron chi connectivity index (χ4n) is 0.971. The zero-order valence-electron chi connectivity index (χ0n) is 5.77. The molecule has 2 aliphatic rings. The lowest BCUT2D eigenvalue weighted by Gasteiger charge is -2.11. The van der Waals surface area contributed by atoms with E-state index in [2.05, 4.69) is 15.2 Å². The number of nitrogens with zero attached hydrogens (tertiary/aromatic N) is 4. The van der Waals surface area contributed by atoms with E-state index in [9.17, 15) is 4.79 Å². The fourth-order valence-corrected chi connectivity index (χ4v) is 0.971. The topological polar surface area (TPSA) is 57.4 Å². The molecule has 0 atom stereocenters. The van der Waals surface area contributed by atoms with Crippen molar-refractivity contribution >= 4 is 12.0 Å². The van der Waals surface area contributed by atoms with E-state index >= 15 is 0 Å². The third-order valence-corrected chi connectivity index (χ3v) is 1.49. The van der Waals surface area contributed by atoms with Crippen molar-refractivity contribution < 1.29 is 4.79 Å². The van der Waals surface area contributed by atoms with Gasteiger partial charge in [-0.25, -0.2) is 0 Å². The van der Waals surface area contributed by atoms with E-state index in [1.807, 2.05) is 0 Å². The molecule has 2 aliphatic heterocycles. The highest BCUT2D eigenvalue weighted by molar-refractivity contribution is 6.28. The van der Waals surface area contributed by atoms with E-state index in [-0.39, 0.29) is 5.78 Å². The van der Waals surface area contributed by atoms with Crippen LogP contribution in [0.4, 0.5) is 0 Å². The number of azo groups is 1. The summed E-state index contributed by atoms with van der Waals surface area (Å²) in [7, 11) is 0. The quantitative estimate of drug-likeness (QED) is 0.494. The molecule has 2 heterocycles. The van der Waals surface area contributed by atoms with Crippen molar-refractivity contribution in [1.29, 1.82) is 0 Å². The largest absolute Gasteiger partial charge is 0.325 e. The van der Waals surface area contributed by atoms with Crippen LogP contribution in [0.3, 0.4) is 0 Å². The second-order valence-electron chi connectivity index (χ2n) is 2.31. The Hall–Kier alpha value is -1.52. The maximum absolute atomic E-state index is 10.9. The van der Waals surface area contributed by atoms with Gasteiger partial charge in [-0.05, 0) is 0 Å². The number of hydrogen-bond donors (Lipinski definition) is 0. The lowest BCUT2D eigenvalue weighted by atomic mass is 10.4. The van der Waals surface area contributed by atoms with Crippen molar-refractivity contribution in [2.75, 3.05) is 13.2 Å². The number of carbonyl (C=O) groups is 1. The van der Waals surface area contributed by atoms with E-state index in [0.717, 1.165) is 0 Å². The normalized spacial score (nSPS) is 21.6. The van der Waals surface area contributed by atoms with Gasteiger partial charge in [-0.15, -0.1) is 5.11 Å². The van der Waals surface area contributed by atoms with Gasteiger partial charge >= 0.3 is 0 Å². The van der Waals surface area contributed by atoms with Crippen LogP contribution in [0.15, 0.2) is 27.2 Å². The third kappa shape index (κ3) is 1.04. The molecular weight excluding hydrogens is 144 g/mol. The first-order valence-corrected chi connectivity index (χ1v) is 3.25.